The van der Waals surface area contributed by atoms with Crippen LogP contribution in [0.15, 0.2) is 11.6 Å². The predicted molar refractivity (Wildman–Crippen MR) is 108 cm³/mol. The zero-order chi connectivity index (χ0) is 19.4. The number of nitrogens with one attached hydrogen (secondary N) is 1. The van der Waals surface area contributed by atoms with Crippen molar-refractivity contribution in [2.45, 2.75) is 97.4 Å². The highest BCUT2D eigenvalue weighted by Crippen LogP contribution is 2.66. The van der Waals surface area contributed by atoms with Crippen molar-refractivity contribution in [2.75, 3.05) is 0 Å². The maximum absolute atomic E-state index is 12.8. The van der Waals surface area contributed by atoms with E-state index in [1.54, 1.807) is 0 Å². The zero-order valence-corrected chi connectivity index (χ0v) is 17.7. The van der Waals surface area contributed by atoms with Crippen molar-refractivity contribution in [2.24, 2.45) is 28.6 Å². The molecule has 1 amide bonds. The molecule has 4 aliphatic rings. The van der Waals surface area contributed by atoms with Crippen LogP contribution in [0.4, 0.5) is 0 Å². The van der Waals surface area contributed by atoms with E-state index in [0.29, 0.717) is 17.6 Å². The summed E-state index contributed by atoms with van der Waals surface area (Å²) in [5.74, 6) is 2.76. The largest absolute Gasteiger partial charge is 0.351 e. The Morgan fingerprint density at radius 2 is 1.89 bits per heavy atom. The van der Waals surface area contributed by atoms with Crippen LogP contribution >= 0.6 is 0 Å². The van der Waals surface area contributed by atoms with E-state index in [4.69, 9.17) is 0 Å². The third-order valence-corrected chi connectivity index (χ3v) is 8.52. The highest BCUT2D eigenvalue weighted by atomic mass is 16.1. The highest BCUT2D eigenvalue weighted by Gasteiger charge is 2.58. The van der Waals surface area contributed by atoms with Crippen molar-refractivity contribution in [1.82, 2.24) is 5.32 Å². The van der Waals surface area contributed by atoms with E-state index in [1.807, 2.05) is 6.08 Å². The molecule has 3 nitrogen and oxygen atoms in total. The highest BCUT2D eigenvalue weighted by molar-refractivity contribution is 5.91. The van der Waals surface area contributed by atoms with E-state index >= 15 is 0 Å². The summed E-state index contributed by atoms with van der Waals surface area (Å²) in [7, 11) is 0. The summed E-state index contributed by atoms with van der Waals surface area (Å²) in [5.41, 5.74) is 1.76. The minimum Gasteiger partial charge on any atom is -0.351 e. The number of hydrogen-bond donors (Lipinski definition) is 1. The van der Waals surface area contributed by atoms with Crippen LogP contribution in [-0.2, 0) is 9.59 Å². The number of hydrogen-bond acceptors (Lipinski definition) is 2. The van der Waals surface area contributed by atoms with E-state index in [2.05, 4.69) is 33.0 Å². The summed E-state index contributed by atoms with van der Waals surface area (Å²) >= 11 is 0. The van der Waals surface area contributed by atoms with Crippen LogP contribution in [-0.4, -0.2) is 17.2 Å². The van der Waals surface area contributed by atoms with Gasteiger partial charge in [-0.2, -0.15) is 0 Å². The van der Waals surface area contributed by atoms with Crippen LogP contribution in [0, 0.1) is 28.6 Å². The zero-order valence-electron chi connectivity index (χ0n) is 17.7. The molecule has 0 radical (unpaired) electrons. The van der Waals surface area contributed by atoms with Crippen molar-refractivity contribution < 1.29 is 9.59 Å². The quantitative estimate of drug-likeness (QED) is 0.726. The monoisotopic (exact) mass is 371 g/mol. The molecule has 0 saturated heterocycles. The van der Waals surface area contributed by atoms with Crippen molar-refractivity contribution in [3.63, 3.8) is 0 Å². The van der Waals surface area contributed by atoms with Gasteiger partial charge in [0.05, 0.1) is 0 Å². The normalized spacial score (nSPS) is 41.3. The summed E-state index contributed by atoms with van der Waals surface area (Å²) in [6.45, 7) is 8.67. The number of carbonyl (C=O) groups excluding carboxylic acids is 2. The molecule has 5 atom stereocenters. The summed E-state index contributed by atoms with van der Waals surface area (Å²) in [5, 5.41) is 3.22. The molecule has 4 aliphatic carbocycles. The average molecular weight is 372 g/mol. The van der Waals surface area contributed by atoms with Crippen LogP contribution in [0.25, 0.3) is 0 Å². The van der Waals surface area contributed by atoms with Crippen LogP contribution < -0.4 is 5.32 Å². The third-order valence-electron chi connectivity index (χ3n) is 8.52. The molecular weight excluding hydrogens is 334 g/mol. The number of allylic oxidation sites excluding steroid dienone is 1. The molecule has 0 heterocycles. The second-order valence-electron chi connectivity index (χ2n) is 11.2. The third kappa shape index (κ3) is 3.29. The van der Waals surface area contributed by atoms with Gasteiger partial charge in [0.2, 0.25) is 5.91 Å². The molecule has 0 aromatic heterocycles. The van der Waals surface area contributed by atoms with Crippen LogP contribution in [0.2, 0.25) is 0 Å². The van der Waals surface area contributed by atoms with E-state index in [-0.39, 0.29) is 22.3 Å². The SMILES string of the molecule is CC(C)(C)NC(=O)C[C@@]12CCC[C@H]1[C@@H]1CCC3=CC(=O)CC[C@]3(C)[C@H]1CC2. The number of rotatable bonds is 2. The Bertz CT molecular complexity index is 672. The second kappa shape index (κ2) is 6.46. The first kappa shape index (κ1) is 19.2. The van der Waals surface area contributed by atoms with E-state index in [0.717, 1.165) is 31.6 Å². The van der Waals surface area contributed by atoms with Crippen LogP contribution in [0.1, 0.15) is 91.9 Å². The Morgan fingerprint density at radius 1 is 1.11 bits per heavy atom. The Kier molecular flexibility index (Phi) is 4.59. The van der Waals surface area contributed by atoms with Gasteiger partial charge in [0.1, 0.15) is 0 Å². The number of amides is 1. The lowest BCUT2D eigenvalue weighted by molar-refractivity contribution is -0.129. The van der Waals surface area contributed by atoms with Crippen LogP contribution in [0.5, 0.6) is 0 Å². The molecule has 3 saturated carbocycles. The first-order valence-electron chi connectivity index (χ1n) is 11.2. The lowest BCUT2D eigenvalue weighted by atomic mass is 9.47. The number of fused-ring (bicyclic) bond motifs is 5. The Hall–Kier alpha value is -1.12. The van der Waals surface area contributed by atoms with Gasteiger partial charge in [0.25, 0.3) is 0 Å². The minimum atomic E-state index is -0.147. The molecule has 0 unspecified atom stereocenters. The summed E-state index contributed by atoms with van der Waals surface area (Å²) in [4.78, 5) is 24.8. The fourth-order valence-corrected chi connectivity index (χ4v) is 7.44. The van der Waals surface area contributed by atoms with Crippen molar-refractivity contribution in [3.8, 4) is 0 Å². The minimum absolute atomic E-state index is 0.147. The molecular formula is C24H37NO2. The average Bonchev–Trinajstić information content (AvgIpc) is 2.97. The van der Waals surface area contributed by atoms with Gasteiger partial charge in [-0.3, -0.25) is 9.59 Å². The summed E-state index contributed by atoms with van der Waals surface area (Å²) in [6.07, 6.45) is 13.1. The molecule has 150 valence electrons. The van der Waals surface area contributed by atoms with Crippen LogP contribution in [0.3, 0.4) is 0 Å². The molecule has 0 aromatic rings. The van der Waals surface area contributed by atoms with Gasteiger partial charge >= 0.3 is 0 Å². The molecule has 0 aromatic carbocycles. The molecule has 0 bridgehead atoms. The molecule has 27 heavy (non-hydrogen) atoms. The Morgan fingerprint density at radius 3 is 2.63 bits per heavy atom. The molecule has 3 fully saturated rings. The van der Waals surface area contributed by atoms with Gasteiger partial charge in [-0.1, -0.05) is 18.9 Å². The maximum Gasteiger partial charge on any atom is 0.220 e. The fourth-order valence-electron chi connectivity index (χ4n) is 7.44. The molecule has 1 N–H and O–H groups in total. The van der Waals surface area contributed by atoms with E-state index < -0.39 is 0 Å². The molecule has 3 heteroatoms. The number of carbonyl (C=O) groups is 2. The Labute approximate surface area is 164 Å². The van der Waals surface area contributed by atoms with Crippen molar-refractivity contribution >= 4 is 11.7 Å². The van der Waals surface area contributed by atoms with Gasteiger partial charge in [0, 0.05) is 18.4 Å². The second-order valence-corrected chi connectivity index (χ2v) is 11.2. The van der Waals surface area contributed by atoms with E-state index in [9.17, 15) is 9.59 Å². The lowest BCUT2D eigenvalue weighted by Gasteiger charge is -2.58. The lowest BCUT2D eigenvalue weighted by Crippen LogP contribution is -2.51. The van der Waals surface area contributed by atoms with Gasteiger partial charge in [0.15, 0.2) is 5.78 Å². The van der Waals surface area contributed by atoms with Gasteiger partial charge in [-0.05, 0) is 100 Å². The van der Waals surface area contributed by atoms with Gasteiger partial charge < -0.3 is 5.32 Å². The van der Waals surface area contributed by atoms with Crippen molar-refractivity contribution in [1.29, 1.82) is 0 Å². The molecule has 0 spiro atoms. The summed E-state index contributed by atoms with van der Waals surface area (Å²) in [6, 6.07) is 0. The van der Waals surface area contributed by atoms with Gasteiger partial charge in [-0.15, -0.1) is 0 Å². The standard InChI is InChI=1S/C24H37NO2/c1-22(2,3)25-21(27)15-24-11-5-6-20(24)18-8-7-16-14-17(26)9-12-23(16,4)19(18)10-13-24/h14,18-20H,5-13,15H2,1-4H3,(H,25,27)/t18-,19+,20+,23+,24+/m1/s1. The topological polar surface area (TPSA) is 46.2 Å². The van der Waals surface area contributed by atoms with Crippen molar-refractivity contribution in [3.05, 3.63) is 11.6 Å². The smallest absolute Gasteiger partial charge is 0.220 e. The predicted octanol–water partition coefficient (Wildman–Crippen LogP) is 5.19. The van der Waals surface area contributed by atoms with Gasteiger partial charge in [-0.25, -0.2) is 0 Å². The Balaban J connectivity index is 1.56. The first-order chi connectivity index (χ1) is 12.6. The maximum atomic E-state index is 12.8. The van der Waals surface area contributed by atoms with E-state index in [1.165, 1.54) is 44.1 Å². The molecule has 0 aliphatic heterocycles. The number of ketones is 1. The fraction of sp³-hybridized carbons (Fsp3) is 0.833. The first-order valence-corrected chi connectivity index (χ1v) is 11.2. The summed E-state index contributed by atoms with van der Waals surface area (Å²) < 4.78 is 0. The molecule has 4 rings (SSSR count).